The molecule has 258 valence electrons. The van der Waals surface area contributed by atoms with E-state index in [9.17, 15) is 9.90 Å². The van der Waals surface area contributed by atoms with Crippen LogP contribution in [0, 0.1) is 0 Å². The summed E-state index contributed by atoms with van der Waals surface area (Å²) in [5, 5.41) is 17.1. The van der Waals surface area contributed by atoms with Crippen LogP contribution < -0.4 is 20.1 Å². The van der Waals surface area contributed by atoms with Gasteiger partial charge in [0, 0.05) is 74.0 Å². The second-order valence-electron chi connectivity index (χ2n) is 12.0. The molecule has 0 aliphatic carbocycles. The molecule has 12 nitrogen and oxygen atoms in total. The Morgan fingerprint density at radius 3 is 2.06 bits per heavy atom. The van der Waals surface area contributed by atoms with Gasteiger partial charge in [-0.05, 0) is 12.8 Å². The fourth-order valence-electron chi connectivity index (χ4n) is 6.37. The normalized spacial score (nSPS) is 19.3. The van der Waals surface area contributed by atoms with Crippen LogP contribution in [0.5, 0.6) is 11.8 Å². The number of likely N-dealkylation sites (tertiary alicyclic amines) is 1. The highest BCUT2D eigenvalue weighted by Crippen LogP contribution is 2.42. The van der Waals surface area contributed by atoms with Crippen LogP contribution in [0.4, 0.5) is 0 Å². The van der Waals surface area contributed by atoms with Crippen LogP contribution in [-0.4, -0.2) is 95.1 Å². The summed E-state index contributed by atoms with van der Waals surface area (Å²) in [7, 11) is 4.80. The maximum absolute atomic E-state index is 11.5. The molecule has 4 aromatic rings. The number of ether oxygens (including phenoxy) is 3. The zero-order chi connectivity index (χ0) is 34.5. The Morgan fingerprint density at radius 1 is 0.918 bits per heavy atom. The van der Waals surface area contributed by atoms with E-state index in [0.29, 0.717) is 99.4 Å². The molecule has 1 amide bonds. The Hall–Kier alpha value is -3.91. The zero-order valence-corrected chi connectivity index (χ0v) is 29.1. The van der Waals surface area contributed by atoms with E-state index < -0.39 is 0 Å². The van der Waals surface area contributed by atoms with E-state index in [-0.39, 0.29) is 30.7 Å². The number of hydrogen-bond donors (Lipinski definition) is 3. The molecule has 0 radical (unpaired) electrons. The van der Waals surface area contributed by atoms with E-state index in [1.165, 1.54) is 0 Å². The molecule has 49 heavy (non-hydrogen) atoms. The van der Waals surface area contributed by atoms with Crippen molar-refractivity contribution in [2.45, 2.75) is 50.5 Å². The van der Waals surface area contributed by atoms with Crippen LogP contribution in [0.2, 0.25) is 10.0 Å². The van der Waals surface area contributed by atoms with E-state index in [4.69, 9.17) is 52.4 Å². The van der Waals surface area contributed by atoms with E-state index in [1.807, 2.05) is 36.4 Å². The first-order valence-electron chi connectivity index (χ1n) is 16.1. The summed E-state index contributed by atoms with van der Waals surface area (Å²) in [5.41, 5.74) is 5.16. The molecule has 2 aromatic carbocycles. The van der Waals surface area contributed by atoms with Crippen molar-refractivity contribution in [2.75, 3.05) is 41.0 Å². The molecule has 2 aromatic heterocycles. The van der Waals surface area contributed by atoms with Crippen molar-refractivity contribution in [3.63, 3.8) is 0 Å². The average molecular weight is 709 g/mol. The lowest BCUT2D eigenvalue weighted by Crippen LogP contribution is -2.35. The number of carbonyl (C=O) groups is 1. The van der Waals surface area contributed by atoms with Gasteiger partial charge in [0.15, 0.2) is 0 Å². The summed E-state index contributed by atoms with van der Waals surface area (Å²) >= 11 is 14.1. The molecule has 2 aliphatic heterocycles. The van der Waals surface area contributed by atoms with Crippen molar-refractivity contribution in [1.82, 2.24) is 35.5 Å². The second kappa shape index (κ2) is 15.8. The van der Waals surface area contributed by atoms with Crippen LogP contribution in [0.1, 0.15) is 30.7 Å². The van der Waals surface area contributed by atoms with E-state index in [0.717, 1.165) is 12.8 Å². The lowest BCUT2D eigenvalue weighted by atomic mass is 9.98. The van der Waals surface area contributed by atoms with Gasteiger partial charge in [0.1, 0.15) is 11.4 Å². The van der Waals surface area contributed by atoms with Gasteiger partial charge >= 0.3 is 0 Å². The molecule has 3 N–H and O–H groups in total. The van der Waals surface area contributed by atoms with E-state index in [1.54, 1.807) is 33.7 Å². The minimum atomic E-state index is -0.0251. The van der Waals surface area contributed by atoms with Gasteiger partial charge in [0.25, 0.3) is 0 Å². The molecule has 2 saturated heterocycles. The average Bonchev–Trinajstić information content (AvgIpc) is 3.73. The summed E-state index contributed by atoms with van der Waals surface area (Å²) in [4.78, 5) is 32.4. The largest absolute Gasteiger partial charge is 0.480 e. The monoisotopic (exact) mass is 707 g/mol. The summed E-state index contributed by atoms with van der Waals surface area (Å²) in [6.45, 7) is 2.25. The molecule has 3 atom stereocenters. The number of nitrogens with one attached hydrogen (secondary N) is 2. The number of amides is 1. The molecule has 0 bridgehead atoms. The van der Waals surface area contributed by atoms with Gasteiger partial charge in [-0.15, -0.1) is 0 Å². The molecule has 0 saturated carbocycles. The van der Waals surface area contributed by atoms with Crippen LogP contribution in [0.25, 0.3) is 33.6 Å². The molecule has 2 aliphatic rings. The fraction of sp³-hybridized carbons (Fsp3) is 0.400. The topological polar surface area (TPSA) is 144 Å². The van der Waals surface area contributed by atoms with Crippen molar-refractivity contribution in [3.8, 4) is 45.4 Å². The predicted octanol–water partition coefficient (Wildman–Crippen LogP) is 4.54. The third kappa shape index (κ3) is 7.64. The highest BCUT2D eigenvalue weighted by Gasteiger charge is 2.32. The third-order valence-corrected chi connectivity index (χ3v) is 9.82. The van der Waals surface area contributed by atoms with Crippen LogP contribution in [-0.2, 0) is 22.6 Å². The molecule has 14 heteroatoms. The first-order chi connectivity index (χ1) is 23.8. The number of nitrogens with zero attached hydrogens (tertiary/aromatic N) is 5. The minimum absolute atomic E-state index is 0.0251. The summed E-state index contributed by atoms with van der Waals surface area (Å²) in [6, 6.07) is 11.4. The summed E-state index contributed by atoms with van der Waals surface area (Å²) in [5.74, 6) is 0.845. The van der Waals surface area contributed by atoms with Gasteiger partial charge in [-0.25, -0.2) is 9.97 Å². The SMILES string of the molecule is COc1nc(-c2cccc(-c3cccc(-c4cnc(CN5C[C@@H](OC)C[C@H]5CO)c(OC)n4)c3Cl)c2Cl)cnc1CNCC1CCC(=O)N1. The lowest BCUT2D eigenvalue weighted by molar-refractivity contribution is -0.119. The third-order valence-electron chi connectivity index (χ3n) is 9.00. The first-order valence-corrected chi connectivity index (χ1v) is 16.8. The van der Waals surface area contributed by atoms with Gasteiger partial charge in [-0.2, -0.15) is 0 Å². The second-order valence-corrected chi connectivity index (χ2v) is 12.8. The van der Waals surface area contributed by atoms with Gasteiger partial charge in [0.05, 0.1) is 60.8 Å². The van der Waals surface area contributed by atoms with Crippen LogP contribution in [0.3, 0.4) is 0 Å². The Labute approximate surface area is 295 Å². The van der Waals surface area contributed by atoms with Crippen LogP contribution in [0.15, 0.2) is 48.8 Å². The number of methoxy groups -OCH3 is 3. The van der Waals surface area contributed by atoms with Crippen molar-refractivity contribution in [2.24, 2.45) is 0 Å². The molecule has 1 unspecified atom stereocenters. The highest BCUT2D eigenvalue weighted by molar-refractivity contribution is 6.39. The lowest BCUT2D eigenvalue weighted by Gasteiger charge is -2.22. The Morgan fingerprint density at radius 2 is 1.51 bits per heavy atom. The maximum atomic E-state index is 11.5. The highest BCUT2D eigenvalue weighted by atomic mass is 35.5. The van der Waals surface area contributed by atoms with E-state index >= 15 is 0 Å². The number of hydrogen-bond acceptors (Lipinski definition) is 11. The van der Waals surface area contributed by atoms with Crippen molar-refractivity contribution < 1.29 is 24.1 Å². The smallest absolute Gasteiger partial charge is 0.237 e. The predicted molar refractivity (Wildman–Crippen MR) is 187 cm³/mol. The zero-order valence-electron chi connectivity index (χ0n) is 27.6. The first kappa shape index (κ1) is 34.9. The number of benzene rings is 2. The number of carbonyl (C=O) groups excluding carboxylic acids is 1. The fourth-order valence-corrected chi connectivity index (χ4v) is 7.01. The quantitative estimate of drug-likeness (QED) is 0.180. The summed E-state index contributed by atoms with van der Waals surface area (Å²) < 4.78 is 16.8. The Kier molecular flexibility index (Phi) is 11.2. The van der Waals surface area contributed by atoms with Gasteiger partial charge in [0.2, 0.25) is 17.7 Å². The van der Waals surface area contributed by atoms with Crippen molar-refractivity contribution >= 4 is 29.1 Å². The molecular formula is C35H39Cl2N7O5. The number of rotatable bonds is 13. The van der Waals surface area contributed by atoms with Crippen molar-refractivity contribution in [3.05, 3.63) is 70.2 Å². The molecule has 4 heterocycles. The molecular weight excluding hydrogens is 669 g/mol. The number of aliphatic hydroxyl groups is 1. The maximum Gasteiger partial charge on any atom is 0.237 e. The van der Waals surface area contributed by atoms with Crippen LogP contribution >= 0.6 is 23.2 Å². The number of halogens is 2. The van der Waals surface area contributed by atoms with Gasteiger partial charge in [-0.1, -0.05) is 59.6 Å². The standard InChI is InChI=1S/C35H39Cl2N7O5/c1-47-22-12-21(19-45)44(17-22)18-30-35(49-3)43-28(16-40-30)26-9-5-7-24(33(26)37)23-6-4-8-25(32(23)36)27-15-39-29(34(42-27)48-2)14-38-13-20-10-11-31(46)41-20/h4-9,15-16,20-22,38,45H,10-14,17-19H2,1-3H3,(H,41,46)/t20?,21-,22-/m0/s1. The Balaban J connectivity index is 1.24. The van der Waals surface area contributed by atoms with Crippen molar-refractivity contribution in [1.29, 1.82) is 0 Å². The van der Waals surface area contributed by atoms with Gasteiger partial charge < -0.3 is 30.0 Å². The van der Waals surface area contributed by atoms with E-state index in [2.05, 4.69) is 20.5 Å². The molecule has 6 rings (SSSR count). The van der Waals surface area contributed by atoms with Gasteiger partial charge in [-0.3, -0.25) is 19.7 Å². The molecule has 2 fully saturated rings. The summed E-state index contributed by atoms with van der Waals surface area (Å²) in [6.07, 6.45) is 5.52. The molecule has 0 spiro atoms. The minimum Gasteiger partial charge on any atom is -0.480 e. The number of aromatic nitrogens is 4. The Bertz CT molecular complexity index is 1810. The number of aliphatic hydroxyl groups excluding tert-OH is 1.